The van der Waals surface area contributed by atoms with Gasteiger partial charge in [-0.05, 0) is 49.7 Å². The van der Waals surface area contributed by atoms with Crippen molar-refractivity contribution in [2.24, 2.45) is 16.7 Å². The van der Waals surface area contributed by atoms with Gasteiger partial charge in [-0.2, -0.15) is 0 Å². The fourth-order valence-electron chi connectivity index (χ4n) is 4.48. The van der Waals surface area contributed by atoms with Crippen molar-refractivity contribution >= 4 is 15.8 Å². The molecule has 23 heavy (non-hydrogen) atoms. The second-order valence-electron chi connectivity index (χ2n) is 7.57. The molecule has 5 heteroatoms. The summed E-state index contributed by atoms with van der Waals surface area (Å²) in [5.74, 6) is 0.765. The van der Waals surface area contributed by atoms with Crippen LogP contribution in [0.2, 0.25) is 0 Å². The lowest BCUT2D eigenvalue weighted by atomic mass is 9.67. The molecule has 2 bridgehead atoms. The molecule has 0 aromatic heterocycles. The van der Waals surface area contributed by atoms with E-state index in [4.69, 9.17) is 0 Å². The normalized spacial score (nSPS) is 33.3. The Bertz CT molecular complexity index is 725. The van der Waals surface area contributed by atoms with Crippen LogP contribution in [0.4, 0.5) is 0 Å². The predicted molar refractivity (Wildman–Crippen MR) is 89.5 cm³/mol. The van der Waals surface area contributed by atoms with Gasteiger partial charge in [0.1, 0.15) is 5.78 Å². The first-order chi connectivity index (χ1) is 10.7. The van der Waals surface area contributed by atoms with Crippen LogP contribution in [-0.4, -0.2) is 20.7 Å². The Balaban J connectivity index is 1.68. The monoisotopic (exact) mass is 335 g/mol. The number of benzene rings is 1. The Labute approximate surface area is 138 Å². The van der Waals surface area contributed by atoms with E-state index in [9.17, 15) is 13.2 Å². The van der Waals surface area contributed by atoms with Gasteiger partial charge in [-0.15, -0.1) is 0 Å². The topological polar surface area (TPSA) is 63.2 Å². The van der Waals surface area contributed by atoms with Crippen LogP contribution in [0.15, 0.2) is 29.2 Å². The molecule has 2 fully saturated rings. The van der Waals surface area contributed by atoms with Crippen LogP contribution in [0, 0.1) is 23.7 Å². The first kappa shape index (κ1) is 16.7. The summed E-state index contributed by atoms with van der Waals surface area (Å²) < 4.78 is 27.4. The molecule has 1 aromatic carbocycles. The lowest BCUT2D eigenvalue weighted by molar-refractivity contribution is -0.128. The number of aryl methyl sites for hydroxylation is 1. The molecule has 2 aliphatic carbocycles. The Morgan fingerprint density at radius 3 is 2.39 bits per heavy atom. The molecule has 0 unspecified atom stereocenters. The second-order valence-corrected chi connectivity index (χ2v) is 9.34. The fourth-order valence-corrected chi connectivity index (χ4v) is 5.51. The molecule has 0 aliphatic heterocycles. The van der Waals surface area contributed by atoms with E-state index in [1.807, 2.05) is 6.92 Å². The number of Topliss-reactive ketones (excluding diaryl/α,β-unsaturated/α-hetero) is 1. The SMILES string of the molecule is Cc1ccc(S(=O)(=O)NCC[C@@]2(C)[C@@H]3CC[C@]2(C)C(=O)C3)cc1. The van der Waals surface area contributed by atoms with Gasteiger partial charge in [0.15, 0.2) is 0 Å². The van der Waals surface area contributed by atoms with E-state index in [1.165, 1.54) is 0 Å². The molecule has 0 radical (unpaired) electrons. The van der Waals surface area contributed by atoms with Crippen molar-refractivity contribution in [2.75, 3.05) is 6.54 Å². The molecule has 1 aromatic rings. The van der Waals surface area contributed by atoms with E-state index in [1.54, 1.807) is 24.3 Å². The van der Waals surface area contributed by atoms with Gasteiger partial charge in [0.25, 0.3) is 0 Å². The number of hydrogen-bond acceptors (Lipinski definition) is 3. The van der Waals surface area contributed by atoms with Gasteiger partial charge in [-0.1, -0.05) is 31.5 Å². The number of nitrogens with one attached hydrogen (secondary N) is 1. The zero-order chi connectivity index (χ0) is 16.9. The lowest BCUT2D eigenvalue weighted by Crippen LogP contribution is -2.38. The summed E-state index contributed by atoms with van der Waals surface area (Å²) in [5, 5.41) is 0. The Morgan fingerprint density at radius 1 is 1.22 bits per heavy atom. The number of rotatable bonds is 5. The number of fused-ring (bicyclic) bond motifs is 2. The Hall–Kier alpha value is -1.20. The average Bonchev–Trinajstić information content (AvgIpc) is 2.83. The summed E-state index contributed by atoms with van der Waals surface area (Å²) in [6.07, 6.45) is 3.41. The van der Waals surface area contributed by atoms with Gasteiger partial charge >= 0.3 is 0 Å². The molecule has 1 N–H and O–H groups in total. The summed E-state index contributed by atoms with van der Waals surface area (Å²) in [4.78, 5) is 12.5. The molecular weight excluding hydrogens is 310 g/mol. The van der Waals surface area contributed by atoms with Crippen molar-refractivity contribution in [1.82, 2.24) is 4.72 Å². The zero-order valence-electron chi connectivity index (χ0n) is 14.1. The van der Waals surface area contributed by atoms with Gasteiger partial charge in [0, 0.05) is 18.4 Å². The van der Waals surface area contributed by atoms with E-state index in [0.29, 0.717) is 36.0 Å². The smallest absolute Gasteiger partial charge is 0.240 e. The van der Waals surface area contributed by atoms with Gasteiger partial charge in [0.2, 0.25) is 10.0 Å². The predicted octanol–water partition coefficient (Wildman–Crippen LogP) is 3.06. The van der Waals surface area contributed by atoms with E-state index in [-0.39, 0.29) is 10.8 Å². The zero-order valence-corrected chi connectivity index (χ0v) is 14.9. The summed E-state index contributed by atoms with van der Waals surface area (Å²) in [7, 11) is -3.48. The summed E-state index contributed by atoms with van der Waals surface area (Å²) in [6.45, 7) is 6.54. The summed E-state index contributed by atoms with van der Waals surface area (Å²) in [6, 6.07) is 6.85. The number of ketones is 1. The maximum absolute atomic E-state index is 12.4. The first-order valence-corrected chi connectivity index (χ1v) is 9.77. The minimum absolute atomic E-state index is 0.0835. The third-order valence-corrected chi connectivity index (χ3v) is 7.95. The standard InChI is InChI=1S/C18H25NO3S/c1-13-4-6-15(7-5-13)23(21,22)19-11-10-17(2)14-8-9-18(17,3)16(20)12-14/h4-7,14,19H,8-12H2,1-3H3/t14-,17+,18-/m1/s1. The van der Waals surface area contributed by atoms with Crippen molar-refractivity contribution in [1.29, 1.82) is 0 Å². The van der Waals surface area contributed by atoms with Crippen LogP contribution in [-0.2, 0) is 14.8 Å². The van der Waals surface area contributed by atoms with E-state index in [0.717, 1.165) is 18.4 Å². The van der Waals surface area contributed by atoms with Gasteiger partial charge < -0.3 is 0 Å². The van der Waals surface area contributed by atoms with Crippen molar-refractivity contribution in [3.05, 3.63) is 29.8 Å². The van der Waals surface area contributed by atoms with Gasteiger partial charge in [-0.3, -0.25) is 4.79 Å². The maximum Gasteiger partial charge on any atom is 0.240 e. The minimum atomic E-state index is -3.48. The van der Waals surface area contributed by atoms with E-state index < -0.39 is 10.0 Å². The van der Waals surface area contributed by atoms with E-state index in [2.05, 4.69) is 18.6 Å². The molecule has 2 aliphatic rings. The first-order valence-electron chi connectivity index (χ1n) is 8.29. The summed E-state index contributed by atoms with van der Waals surface area (Å²) >= 11 is 0. The molecule has 4 nitrogen and oxygen atoms in total. The Morgan fingerprint density at radius 2 is 1.87 bits per heavy atom. The number of carbonyl (C=O) groups is 1. The molecule has 0 saturated heterocycles. The van der Waals surface area contributed by atoms with Crippen LogP contribution in [0.1, 0.15) is 45.1 Å². The third-order valence-electron chi connectivity index (χ3n) is 6.47. The highest BCUT2D eigenvalue weighted by Crippen LogP contribution is 2.65. The van der Waals surface area contributed by atoms with Crippen molar-refractivity contribution in [3.8, 4) is 0 Å². The minimum Gasteiger partial charge on any atom is -0.299 e. The third kappa shape index (κ3) is 2.54. The molecule has 3 rings (SSSR count). The molecule has 126 valence electrons. The summed E-state index contributed by atoms with van der Waals surface area (Å²) in [5.41, 5.74) is 0.678. The van der Waals surface area contributed by atoms with Gasteiger partial charge in [0.05, 0.1) is 4.90 Å². The maximum atomic E-state index is 12.4. The van der Waals surface area contributed by atoms with Gasteiger partial charge in [-0.25, -0.2) is 13.1 Å². The van der Waals surface area contributed by atoms with Crippen molar-refractivity contribution < 1.29 is 13.2 Å². The van der Waals surface area contributed by atoms with Crippen LogP contribution in [0.25, 0.3) is 0 Å². The molecule has 0 amide bonds. The molecule has 0 spiro atoms. The second kappa shape index (κ2) is 5.42. The van der Waals surface area contributed by atoms with Crippen LogP contribution in [0.5, 0.6) is 0 Å². The number of carbonyl (C=O) groups excluding carboxylic acids is 1. The van der Waals surface area contributed by atoms with Crippen LogP contribution >= 0.6 is 0 Å². The largest absolute Gasteiger partial charge is 0.299 e. The highest BCUT2D eigenvalue weighted by molar-refractivity contribution is 7.89. The Kier molecular flexibility index (Phi) is 3.92. The fraction of sp³-hybridized carbons (Fsp3) is 0.611. The molecular formula is C18H25NO3S. The highest BCUT2D eigenvalue weighted by atomic mass is 32.2. The molecule has 2 saturated carbocycles. The number of sulfonamides is 1. The quantitative estimate of drug-likeness (QED) is 0.899. The lowest BCUT2D eigenvalue weighted by Gasteiger charge is -2.36. The van der Waals surface area contributed by atoms with E-state index >= 15 is 0 Å². The van der Waals surface area contributed by atoms with Crippen LogP contribution < -0.4 is 4.72 Å². The molecule has 0 heterocycles. The molecule has 3 atom stereocenters. The van der Waals surface area contributed by atoms with Crippen molar-refractivity contribution in [3.63, 3.8) is 0 Å². The highest BCUT2D eigenvalue weighted by Gasteiger charge is 2.63. The average molecular weight is 335 g/mol. The number of hydrogen-bond donors (Lipinski definition) is 1. The van der Waals surface area contributed by atoms with Crippen molar-refractivity contribution in [2.45, 2.75) is 51.3 Å². The van der Waals surface area contributed by atoms with Crippen LogP contribution in [0.3, 0.4) is 0 Å².